The molecule has 4 nitrogen and oxygen atoms in total. The van der Waals surface area contributed by atoms with Crippen LogP contribution in [0.4, 0.5) is 17.6 Å². The Kier molecular flexibility index (Phi) is 4.25. The highest BCUT2D eigenvalue weighted by molar-refractivity contribution is 7.94. The van der Waals surface area contributed by atoms with Crippen molar-refractivity contribution in [1.29, 1.82) is 0 Å². The van der Waals surface area contributed by atoms with E-state index in [1.54, 1.807) is 0 Å². The molecule has 0 aliphatic rings. The minimum absolute atomic E-state index is 0.146. The molecule has 0 amide bonds. The van der Waals surface area contributed by atoms with Crippen LogP contribution in [0, 0.1) is 6.92 Å². The highest BCUT2D eigenvalue weighted by Gasteiger charge is 2.37. The standard InChI is InChI=1S/C9H8F4O4S2/c1-5-2-3-6(18(14,15)8(10)11)7(4-5)19(16,17)9(12)13/h2-4,8-9H,1H3. The van der Waals surface area contributed by atoms with Crippen molar-refractivity contribution < 1.29 is 34.4 Å². The lowest BCUT2D eigenvalue weighted by Gasteiger charge is -2.11. The smallest absolute Gasteiger partial charge is 0.218 e. The first-order chi connectivity index (χ1) is 8.51. The van der Waals surface area contributed by atoms with Crippen LogP contribution in [-0.2, 0) is 19.7 Å². The Labute approximate surface area is 106 Å². The number of halogens is 4. The minimum atomic E-state index is -5.29. The first-order valence-corrected chi connectivity index (χ1v) is 7.75. The van der Waals surface area contributed by atoms with Gasteiger partial charge in [-0.3, -0.25) is 0 Å². The maximum absolute atomic E-state index is 12.4. The van der Waals surface area contributed by atoms with Gasteiger partial charge in [0.25, 0.3) is 0 Å². The number of hydrogen-bond donors (Lipinski definition) is 0. The van der Waals surface area contributed by atoms with Crippen molar-refractivity contribution >= 4 is 19.7 Å². The van der Waals surface area contributed by atoms with Crippen LogP contribution in [0.25, 0.3) is 0 Å². The summed E-state index contributed by atoms with van der Waals surface area (Å²) in [5.41, 5.74) is 0.146. The van der Waals surface area contributed by atoms with Crippen molar-refractivity contribution in [3.63, 3.8) is 0 Å². The molecule has 0 heterocycles. The van der Waals surface area contributed by atoms with Crippen molar-refractivity contribution in [2.24, 2.45) is 0 Å². The third kappa shape index (κ3) is 2.89. The van der Waals surface area contributed by atoms with E-state index in [-0.39, 0.29) is 5.56 Å². The van der Waals surface area contributed by atoms with Crippen LogP contribution in [0.2, 0.25) is 0 Å². The lowest BCUT2D eigenvalue weighted by atomic mass is 10.2. The van der Waals surface area contributed by atoms with Crippen LogP contribution in [0.3, 0.4) is 0 Å². The molecule has 0 aliphatic heterocycles. The fourth-order valence-corrected chi connectivity index (χ4v) is 3.64. The quantitative estimate of drug-likeness (QED) is 0.796. The second-order valence-electron chi connectivity index (χ2n) is 3.56. The molecule has 19 heavy (non-hydrogen) atoms. The van der Waals surface area contributed by atoms with Gasteiger partial charge in [0.2, 0.25) is 19.7 Å². The van der Waals surface area contributed by atoms with Crippen LogP contribution in [-0.4, -0.2) is 28.4 Å². The summed E-state index contributed by atoms with van der Waals surface area (Å²) in [6, 6.07) is 2.24. The largest absolute Gasteiger partial charge is 0.341 e. The van der Waals surface area contributed by atoms with Gasteiger partial charge >= 0.3 is 11.5 Å². The van der Waals surface area contributed by atoms with E-state index in [0.29, 0.717) is 12.1 Å². The molecule has 1 aromatic rings. The van der Waals surface area contributed by atoms with E-state index in [4.69, 9.17) is 0 Å². The van der Waals surface area contributed by atoms with Gasteiger partial charge in [-0.05, 0) is 24.6 Å². The van der Waals surface area contributed by atoms with Gasteiger partial charge in [0, 0.05) is 0 Å². The third-order valence-electron chi connectivity index (χ3n) is 2.18. The molecular weight excluding hydrogens is 312 g/mol. The SMILES string of the molecule is Cc1ccc(S(=O)(=O)C(F)F)c(S(=O)(=O)C(F)F)c1. The molecule has 0 bridgehead atoms. The molecule has 108 valence electrons. The van der Waals surface area contributed by atoms with Gasteiger partial charge < -0.3 is 0 Å². The topological polar surface area (TPSA) is 68.3 Å². The fourth-order valence-electron chi connectivity index (χ4n) is 1.26. The summed E-state index contributed by atoms with van der Waals surface area (Å²) in [4.78, 5) is -2.64. The number of aryl methyl sites for hydroxylation is 1. The monoisotopic (exact) mass is 320 g/mol. The first-order valence-electron chi connectivity index (χ1n) is 4.66. The van der Waals surface area contributed by atoms with E-state index in [1.807, 2.05) is 0 Å². The molecule has 0 saturated carbocycles. The summed E-state index contributed by atoms with van der Waals surface area (Å²) >= 11 is 0. The summed E-state index contributed by atoms with van der Waals surface area (Å²) < 4.78 is 94.8. The lowest BCUT2D eigenvalue weighted by molar-refractivity contribution is 0.232. The molecule has 0 aromatic heterocycles. The number of hydrogen-bond acceptors (Lipinski definition) is 4. The third-order valence-corrected chi connectivity index (χ3v) is 5.17. The van der Waals surface area contributed by atoms with E-state index < -0.39 is 41.0 Å². The molecule has 1 rings (SSSR count). The Hall–Kier alpha value is -1.16. The second kappa shape index (κ2) is 5.08. The number of benzene rings is 1. The molecule has 1 aromatic carbocycles. The average Bonchev–Trinajstić information content (AvgIpc) is 2.27. The van der Waals surface area contributed by atoms with E-state index in [0.717, 1.165) is 6.07 Å². The van der Waals surface area contributed by atoms with Crippen molar-refractivity contribution in [3.05, 3.63) is 23.8 Å². The molecule has 0 aliphatic carbocycles. The molecule has 0 N–H and O–H groups in total. The molecule has 0 fully saturated rings. The van der Waals surface area contributed by atoms with Crippen LogP contribution in [0.1, 0.15) is 5.56 Å². The van der Waals surface area contributed by atoms with Gasteiger partial charge in [-0.15, -0.1) is 0 Å². The van der Waals surface area contributed by atoms with Crippen molar-refractivity contribution in [1.82, 2.24) is 0 Å². The van der Waals surface area contributed by atoms with Crippen LogP contribution in [0.5, 0.6) is 0 Å². The van der Waals surface area contributed by atoms with Crippen molar-refractivity contribution in [2.75, 3.05) is 0 Å². The van der Waals surface area contributed by atoms with Gasteiger partial charge in [0.05, 0.1) is 9.79 Å². The van der Waals surface area contributed by atoms with E-state index in [2.05, 4.69) is 0 Å². The Balaban J connectivity index is 3.72. The van der Waals surface area contributed by atoms with Crippen LogP contribution >= 0.6 is 0 Å². The number of sulfone groups is 2. The molecule has 0 atom stereocenters. The zero-order valence-corrected chi connectivity index (χ0v) is 11.0. The Morgan fingerprint density at radius 2 is 1.26 bits per heavy atom. The molecule has 0 unspecified atom stereocenters. The Morgan fingerprint density at radius 3 is 1.68 bits per heavy atom. The fraction of sp³-hybridized carbons (Fsp3) is 0.333. The Morgan fingerprint density at radius 1 is 0.842 bits per heavy atom. The summed E-state index contributed by atoms with van der Waals surface area (Å²) in [5, 5.41) is 0. The second-order valence-corrected chi connectivity index (χ2v) is 7.33. The minimum Gasteiger partial charge on any atom is -0.218 e. The summed E-state index contributed by atoms with van der Waals surface area (Å²) in [7, 11) is -10.6. The van der Waals surface area contributed by atoms with Crippen molar-refractivity contribution in [3.8, 4) is 0 Å². The normalized spacial score (nSPS) is 13.2. The maximum Gasteiger partial charge on any atom is 0.341 e. The predicted octanol–water partition coefficient (Wildman–Crippen LogP) is 1.99. The summed E-state index contributed by atoms with van der Waals surface area (Å²) in [6.07, 6.45) is 0. The first kappa shape index (κ1) is 15.9. The highest BCUT2D eigenvalue weighted by Crippen LogP contribution is 2.30. The van der Waals surface area contributed by atoms with Crippen molar-refractivity contribution in [2.45, 2.75) is 28.2 Å². The molecule has 0 radical (unpaired) electrons. The number of rotatable bonds is 4. The predicted molar refractivity (Wildman–Crippen MR) is 57.6 cm³/mol. The van der Waals surface area contributed by atoms with Gasteiger partial charge in [-0.25, -0.2) is 16.8 Å². The van der Waals surface area contributed by atoms with E-state index in [1.165, 1.54) is 6.92 Å². The van der Waals surface area contributed by atoms with Gasteiger partial charge in [-0.2, -0.15) is 17.6 Å². The lowest BCUT2D eigenvalue weighted by Crippen LogP contribution is -2.19. The Bertz CT molecular complexity index is 680. The van der Waals surface area contributed by atoms with E-state index >= 15 is 0 Å². The summed E-state index contributed by atoms with van der Waals surface area (Å²) in [6.45, 7) is 1.31. The average molecular weight is 320 g/mol. The molecule has 0 spiro atoms. The van der Waals surface area contributed by atoms with Gasteiger partial charge in [0.1, 0.15) is 0 Å². The zero-order valence-electron chi connectivity index (χ0n) is 9.35. The molecule has 10 heteroatoms. The zero-order chi connectivity index (χ0) is 15.0. The summed E-state index contributed by atoms with van der Waals surface area (Å²) in [5.74, 6) is -7.80. The molecular formula is C9H8F4O4S2. The van der Waals surface area contributed by atoms with Gasteiger partial charge in [-0.1, -0.05) is 6.07 Å². The van der Waals surface area contributed by atoms with Crippen LogP contribution in [0.15, 0.2) is 28.0 Å². The van der Waals surface area contributed by atoms with Gasteiger partial charge in [0.15, 0.2) is 0 Å². The number of alkyl halides is 4. The van der Waals surface area contributed by atoms with E-state index in [9.17, 15) is 34.4 Å². The maximum atomic E-state index is 12.4. The highest BCUT2D eigenvalue weighted by atomic mass is 32.2. The van der Waals surface area contributed by atoms with Crippen LogP contribution < -0.4 is 0 Å². The molecule has 0 saturated heterocycles.